The van der Waals surface area contributed by atoms with Crippen molar-refractivity contribution in [1.29, 1.82) is 0 Å². The molecule has 0 aromatic heterocycles. The molecule has 0 N–H and O–H groups in total. The van der Waals surface area contributed by atoms with E-state index in [2.05, 4.69) is 34.7 Å². The van der Waals surface area contributed by atoms with Gasteiger partial charge in [-0.2, -0.15) is 0 Å². The fraction of sp³-hybridized carbons (Fsp3) is 0.429. The maximum absolute atomic E-state index is 12.1. The van der Waals surface area contributed by atoms with Crippen LogP contribution >= 0.6 is 34.4 Å². The van der Waals surface area contributed by atoms with Gasteiger partial charge in [0, 0.05) is 29.2 Å². The van der Waals surface area contributed by atoms with Gasteiger partial charge in [0.2, 0.25) is 5.91 Å². The molecule has 3 nitrogen and oxygen atoms in total. The summed E-state index contributed by atoms with van der Waals surface area (Å²) in [5, 5.41) is 0.121. The quantitative estimate of drug-likeness (QED) is 0.745. The molecule has 1 amide bonds. The zero-order valence-electron chi connectivity index (χ0n) is 11.0. The number of carbonyl (C=O) groups is 2. The van der Waals surface area contributed by atoms with E-state index in [-0.39, 0.29) is 16.9 Å². The van der Waals surface area contributed by atoms with Gasteiger partial charge in [-0.1, -0.05) is 17.8 Å². The molecule has 0 bridgehead atoms. The van der Waals surface area contributed by atoms with E-state index in [4.69, 9.17) is 0 Å². The summed E-state index contributed by atoms with van der Waals surface area (Å²) in [4.78, 5) is 25.0. The first kappa shape index (κ1) is 14.8. The number of hydrogen-bond donors (Lipinski definition) is 0. The van der Waals surface area contributed by atoms with Crippen LogP contribution in [0.4, 0.5) is 5.69 Å². The number of rotatable bonds is 3. The second kappa shape index (κ2) is 6.26. The second-order valence-corrected chi connectivity index (χ2v) is 7.19. The van der Waals surface area contributed by atoms with Gasteiger partial charge in [0.1, 0.15) is 0 Å². The summed E-state index contributed by atoms with van der Waals surface area (Å²) in [6.45, 7) is 4.32. The molecule has 0 radical (unpaired) electrons. The van der Waals surface area contributed by atoms with Crippen molar-refractivity contribution in [1.82, 2.24) is 0 Å². The molecule has 0 spiro atoms. The Balaban J connectivity index is 2.11. The lowest BCUT2D eigenvalue weighted by Gasteiger charge is -2.19. The van der Waals surface area contributed by atoms with E-state index in [1.807, 2.05) is 17.9 Å². The lowest BCUT2D eigenvalue weighted by atomic mass is 10.1. The van der Waals surface area contributed by atoms with Crippen LogP contribution in [0.2, 0.25) is 0 Å². The summed E-state index contributed by atoms with van der Waals surface area (Å²) in [5.74, 6) is 1.18. The molecule has 1 aromatic rings. The Kier molecular flexibility index (Phi) is 4.89. The average Bonchev–Trinajstić information content (AvgIpc) is 2.71. The number of halogens is 1. The molecule has 102 valence electrons. The highest BCUT2D eigenvalue weighted by Crippen LogP contribution is 2.31. The number of thioether (sulfide) groups is 1. The minimum absolute atomic E-state index is 0.121. The van der Waals surface area contributed by atoms with Gasteiger partial charge in [-0.25, -0.2) is 0 Å². The molecule has 2 rings (SSSR count). The van der Waals surface area contributed by atoms with Crippen LogP contribution in [0.25, 0.3) is 0 Å². The van der Waals surface area contributed by atoms with Crippen molar-refractivity contribution >= 4 is 51.1 Å². The fourth-order valence-electron chi connectivity index (χ4n) is 2.19. The monoisotopic (exact) mass is 389 g/mol. The average molecular weight is 389 g/mol. The van der Waals surface area contributed by atoms with Gasteiger partial charge in [-0.05, 0) is 53.1 Å². The molecule has 1 heterocycles. The zero-order chi connectivity index (χ0) is 14.0. The van der Waals surface area contributed by atoms with Crippen molar-refractivity contribution in [3.05, 3.63) is 27.3 Å². The molecule has 0 aliphatic carbocycles. The maximum Gasteiger partial charge on any atom is 0.227 e. The number of aryl methyl sites for hydroxylation is 1. The van der Waals surface area contributed by atoms with E-state index >= 15 is 0 Å². The summed E-state index contributed by atoms with van der Waals surface area (Å²) >= 11 is 3.58. The first-order chi connectivity index (χ1) is 8.97. The smallest absolute Gasteiger partial charge is 0.227 e. The third-order valence-electron chi connectivity index (χ3n) is 3.12. The Labute approximate surface area is 131 Å². The Bertz CT molecular complexity index is 518. The molecule has 1 unspecified atom stereocenters. The number of hydrogen-bond acceptors (Lipinski definition) is 3. The zero-order valence-corrected chi connectivity index (χ0v) is 14.0. The highest BCUT2D eigenvalue weighted by Gasteiger charge is 2.31. The fourth-order valence-corrected chi connectivity index (χ4v) is 3.51. The topological polar surface area (TPSA) is 37.4 Å². The Hall–Kier alpha value is -0.560. The van der Waals surface area contributed by atoms with Crippen LogP contribution in [-0.4, -0.2) is 23.3 Å². The molecule has 5 heteroatoms. The number of anilines is 1. The number of benzene rings is 1. The highest BCUT2D eigenvalue weighted by molar-refractivity contribution is 14.1. The molecule has 1 aliphatic heterocycles. The predicted molar refractivity (Wildman–Crippen MR) is 87.5 cm³/mol. The molecule has 1 aliphatic rings. The minimum Gasteiger partial charge on any atom is -0.311 e. The molecular weight excluding hydrogens is 373 g/mol. The summed E-state index contributed by atoms with van der Waals surface area (Å²) in [7, 11) is 0. The van der Waals surface area contributed by atoms with Gasteiger partial charge in [-0.3, -0.25) is 9.59 Å². The third-order valence-corrected chi connectivity index (χ3v) is 5.08. The number of amides is 1. The van der Waals surface area contributed by atoms with Crippen molar-refractivity contribution < 1.29 is 9.59 Å². The van der Waals surface area contributed by atoms with E-state index < -0.39 is 0 Å². The van der Waals surface area contributed by atoms with Crippen LogP contribution in [0, 0.1) is 16.4 Å². The van der Waals surface area contributed by atoms with Crippen molar-refractivity contribution in [3.8, 4) is 0 Å². The van der Waals surface area contributed by atoms with E-state index in [0.29, 0.717) is 6.42 Å². The first-order valence-electron chi connectivity index (χ1n) is 6.17. The van der Waals surface area contributed by atoms with Gasteiger partial charge >= 0.3 is 0 Å². The van der Waals surface area contributed by atoms with E-state index in [0.717, 1.165) is 27.1 Å². The Morgan fingerprint density at radius 1 is 1.53 bits per heavy atom. The summed E-state index contributed by atoms with van der Waals surface area (Å²) in [5.41, 5.74) is 2.16. The van der Waals surface area contributed by atoms with Gasteiger partial charge in [0.25, 0.3) is 0 Å². The van der Waals surface area contributed by atoms with Crippen molar-refractivity contribution in [2.45, 2.75) is 20.3 Å². The second-order valence-electron chi connectivity index (χ2n) is 4.83. The van der Waals surface area contributed by atoms with Crippen LogP contribution in [0.5, 0.6) is 0 Å². The predicted octanol–water partition coefficient (Wildman–Crippen LogP) is 3.23. The summed E-state index contributed by atoms with van der Waals surface area (Å²) in [6, 6.07) is 6.14. The number of nitrogens with zero attached hydrogens (tertiary/aromatic N) is 1. The summed E-state index contributed by atoms with van der Waals surface area (Å²) < 4.78 is 1.09. The molecule has 1 atom stereocenters. The molecular formula is C14H16INO2S. The first-order valence-corrected chi connectivity index (χ1v) is 8.23. The Morgan fingerprint density at radius 2 is 2.26 bits per heavy atom. The molecule has 1 aromatic carbocycles. The van der Waals surface area contributed by atoms with Crippen molar-refractivity contribution in [3.63, 3.8) is 0 Å². The largest absolute Gasteiger partial charge is 0.311 e. The molecule has 1 saturated heterocycles. The lowest BCUT2D eigenvalue weighted by Crippen LogP contribution is -2.25. The van der Waals surface area contributed by atoms with Gasteiger partial charge in [0.15, 0.2) is 5.12 Å². The highest BCUT2D eigenvalue weighted by atomic mass is 127. The minimum atomic E-state index is 0.121. The van der Waals surface area contributed by atoms with Gasteiger partial charge in [-0.15, -0.1) is 0 Å². The Morgan fingerprint density at radius 3 is 2.95 bits per heavy atom. The van der Waals surface area contributed by atoms with E-state index in [1.54, 1.807) is 6.92 Å². The standard InChI is InChI=1S/C14H16INO2S/c1-9-3-4-12(15)13(5-9)16-7-11(6-14(16)18)8-19-10(2)17/h3-5,11H,6-8H2,1-2H3. The van der Waals surface area contributed by atoms with E-state index in [1.165, 1.54) is 11.8 Å². The van der Waals surface area contributed by atoms with Crippen molar-refractivity contribution in [2.75, 3.05) is 17.2 Å². The third kappa shape index (κ3) is 3.72. The van der Waals surface area contributed by atoms with Crippen LogP contribution in [-0.2, 0) is 9.59 Å². The SMILES string of the molecule is CC(=O)SCC1CC(=O)N(c2cc(C)ccc2I)C1. The maximum atomic E-state index is 12.1. The molecule has 19 heavy (non-hydrogen) atoms. The lowest BCUT2D eigenvalue weighted by molar-refractivity contribution is -0.117. The number of carbonyl (C=O) groups excluding carboxylic acids is 2. The van der Waals surface area contributed by atoms with Gasteiger partial charge in [0.05, 0.1) is 5.69 Å². The van der Waals surface area contributed by atoms with Crippen molar-refractivity contribution in [2.24, 2.45) is 5.92 Å². The van der Waals surface area contributed by atoms with Gasteiger partial charge < -0.3 is 4.90 Å². The van der Waals surface area contributed by atoms with Crippen LogP contribution < -0.4 is 4.90 Å². The molecule has 0 saturated carbocycles. The normalized spacial score (nSPS) is 19.0. The summed E-state index contributed by atoms with van der Waals surface area (Å²) in [6.07, 6.45) is 0.546. The van der Waals surface area contributed by atoms with Crippen LogP contribution in [0.15, 0.2) is 18.2 Å². The molecule has 1 fully saturated rings. The van der Waals surface area contributed by atoms with Crippen LogP contribution in [0.1, 0.15) is 18.9 Å². The van der Waals surface area contributed by atoms with Crippen LogP contribution in [0.3, 0.4) is 0 Å². The van der Waals surface area contributed by atoms with E-state index in [9.17, 15) is 9.59 Å².